The molecule has 1 amide bonds. The lowest BCUT2D eigenvalue weighted by Gasteiger charge is -2.43. The van der Waals surface area contributed by atoms with E-state index in [1.807, 2.05) is 0 Å². The number of fused-ring (bicyclic) bond motifs is 3. The molecule has 0 bridgehead atoms. The van der Waals surface area contributed by atoms with Gasteiger partial charge in [-0.05, 0) is 42.5 Å². The van der Waals surface area contributed by atoms with Gasteiger partial charge in [0.05, 0.1) is 6.04 Å². The number of nitrogens with one attached hydrogen (secondary N) is 1. The van der Waals surface area contributed by atoms with Gasteiger partial charge in [0, 0.05) is 35.3 Å². The van der Waals surface area contributed by atoms with E-state index in [-0.39, 0.29) is 11.9 Å². The highest BCUT2D eigenvalue weighted by Gasteiger charge is 2.38. The first kappa shape index (κ1) is 12.5. The Hall–Kier alpha value is -1.29. The number of benzene rings is 1. The number of nitrogens with zero attached hydrogens (tertiary/aromatic N) is 1. The van der Waals surface area contributed by atoms with Crippen LogP contribution >= 0.6 is 15.9 Å². The molecule has 20 heavy (non-hydrogen) atoms. The molecule has 3 aliphatic rings. The highest BCUT2D eigenvalue weighted by molar-refractivity contribution is 9.10. The Kier molecular flexibility index (Phi) is 2.88. The summed E-state index contributed by atoms with van der Waals surface area (Å²) in [4.78, 5) is 14.8. The summed E-state index contributed by atoms with van der Waals surface area (Å²) in [6.45, 7) is 1.86. The maximum atomic E-state index is 12.7. The first-order valence-corrected chi connectivity index (χ1v) is 8.08. The van der Waals surface area contributed by atoms with Crippen LogP contribution in [0.1, 0.15) is 36.4 Å². The maximum Gasteiger partial charge on any atom is 0.252 e. The largest absolute Gasteiger partial charge is 0.388 e. The molecule has 0 radical (unpaired) electrons. The summed E-state index contributed by atoms with van der Waals surface area (Å²) in [5.74, 6) is 0.261. The molecule has 1 unspecified atom stereocenters. The van der Waals surface area contributed by atoms with Crippen LogP contribution in [-0.2, 0) is 11.2 Å². The van der Waals surface area contributed by atoms with Crippen molar-refractivity contribution in [3.8, 4) is 0 Å². The quantitative estimate of drug-likeness (QED) is 0.792. The third-order valence-corrected chi connectivity index (χ3v) is 5.18. The van der Waals surface area contributed by atoms with Crippen molar-refractivity contribution in [2.75, 3.05) is 13.1 Å². The van der Waals surface area contributed by atoms with Crippen LogP contribution < -0.4 is 5.32 Å². The zero-order chi connectivity index (χ0) is 13.7. The van der Waals surface area contributed by atoms with Crippen LogP contribution in [0.4, 0.5) is 0 Å². The number of hydrogen-bond donors (Lipinski definition) is 1. The van der Waals surface area contributed by atoms with E-state index in [1.54, 1.807) is 0 Å². The van der Waals surface area contributed by atoms with Gasteiger partial charge >= 0.3 is 0 Å². The van der Waals surface area contributed by atoms with Crippen LogP contribution in [0.25, 0.3) is 0 Å². The lowest BCUT2D eigenvalue weighted by molar-refractivity contribution is -0.131. The molecule has 4 rings (SSSR count). The third kappa shape index (κ3) is 1.81. The van der Waals surface area contributed by atoms with Crippen LogP contribution in [-0.4, -0.2) is 23.9 Å². The van der Waals surface area contributed by atoms with Gasteiger partial charge in [0.15, 0.2) is 0 Å². The zero-order valence-corrected chi connectivity index (χ0v) is 12.9. The van der Waals surface area contributed by atoms with Gasteiger partial charge in [-0.25, -0.2) is 0 Å². The fourth-order valence-electron chi connectivity index (χ4n) is 3.70. The van der Waals surface area contributed by atoms with Crippen molar-refractivity contribution in [3.05, 3.63) is 45.1 Å². The summed E-state index contributed by atoms with van der Waals surface area (Å²) in [6.07, 6.45) is 3.94. The van der Waals surface area contributed by atoms with Gasteiger partial charge in [0.1, 0.15) is 0 Å². The topological polar surface area (TPSA) is 32.3 Å². The molecular weight excluding hydrogens is 316 g/mol. The van der Waals surface area contributed by atoms with Crippen LogP contribution in [0.3, 0.4) is 0 Å². The normalized spacial score (nSPS) is 24.8. The minimum atomic E-state index is 0.226. The Labute approximate surface area is 127 Å². The molecule has 3 aliphatic heterocycles. The van der Waals surface area contributed by atoms with E-state index in [1.165, 1.54) is 16.8 Å². The molecule has 0 aliphatic carbocycles. The molecule has 0 fully saturated rings. The van der Waals surface area contributed by atoms with Gasteiger partial charge in [-0.1, -0.05) is 22.0 Å². The van der Waals surface area contributed by atoms with Crippen molar-refractivity contribution in [3.63, 3.8) is 0 Å². The Balaban J connectivity index is 1.77. The monoisotopic (exact) mass is 332 g/mol. The molecule has 0 saturated heterocycles. The van der Waals surface area contributed by atoms with E-state index < -0.39 is 0 Å². The van der Waals surface area contributed by atoms with Crippen LogP contribution in [0.2, 0.25) is 0 Å². The third-order valence-electron chi connectivity index (χ3n) is 4.68. The second kappa shape index (κ2) is 4.62. The van der Waals surface area contributed by atoms with E-state index in [0.29, 0.717) is 0 Å². The van der Waals surface area contributed by atoms with Crippen molar-refractivity contribution in [1.29, 1.82) is 0 Å². The summed E-state index contributed by atoms with van der Waals surface area (Å²) >= 11 is 3.54. The van der Waals surface area contributed by atoms with Crippen molar-refractivity contribution in [2.45, 2.75) is 31.7 Å². The highest BCUT2D eigenvalue weighted by atomic mass is 79.9. The second-order valence-electron chi connectivity index (χ2n) is 5.80. The number of hydrogen-bond acceptors (Lipinski definition) is 2. The number of carbonyl (C=O) groups excluding carboxylic acids is 1. The van der Waals surface area contributed by atoms with E-state index in [9.17, 15) is 4.79 Å². The minimum Gasteiger partial charge on any atom is -0.388 e. The van der Waals surface area contributed by atoms with Crippen LogP contribution in [0, 0.1) is 0 Å². The molecule has 0 aromatic heterocycles. The first-order chi connectivity index (χ1) is 9.74. The molecule has 1 N–H and O–H groups in total. The summed E-state index contributed by atoms with van der Waals surface area (Å²) in [5, 5.41) is 3.45. The molecule has 3 heterocycles. The standard InChI is InChI=1S/C16H17BrN2O/c17-11-3-4-12-10(8-11)5-7-19-15(12)9-14-13(16(19)20)2-1-6-18-14/h3-4,8,15,18H,1-2,5-7,9H2. The zero-order valence-electron chi connectivity index (χ0n) is 11.3. The van der Waals surface area contributed by atoms with Crippen LogP contribution in [0.5, 0.6) is 0 Å². The van der Waals surface area contributed by atoms with E-state index >= 15 is 0 Å². The number of carbonyl (C=O) groups is 1. The molecule has 3 nitrogen and oxygen atoms in total. The molecular formula is C16H17BrN2O. The SMILES string of the molecule is O=C1C2=C(CC3c4ccc(Br)cc4CCN13)NCCC2. The number of halogens is 1. The average molecular weight is 333 g/mol. The van der Waals surface area contributed by atoms with E-state index in [2.05, 4.69) is 44.3 Å². The number of amides is 1. The van der Waals surface area contributed by atoms with Gasteiger partial charge in [0.25, 0.3) is 5.91 Å². The van der Waals surface area contributed by atoms with Gasteiger partial charge in [-0.15, -0.1) is 0 Å². The fraction of sp³-hybridized carbons (Fsp3) is 0.438. The molecule has 0 spiro atoms. The Morgan fingerprint density at radius 3 is 3.10 bits per heavy atom. The Morgan fingerprint density at radius 2 is 2.20 bits per heavy atom. The number of rotatable bonds is 0. The van der Waals surface area contributed by atoms with Gasteiger partial charge in [0.2, 0.25) is 0 Å². The Bertz CT molecular complexity index is 623. The van der Waals surface area contributed by atoms with Crippen molar-refractivity contribution in [2.24, 2.45) is 0 Å². The van der Waals surface area contributed by atoms with Gasteiger partial charge in [-0.2, -0.15) is 0 Å². The summed E-state index contributed by atoms with van der Waals surface area (Å²) in [5.41, 5.74) is 4.94. The second-order valence-corrected chi connectivity index (χ2v) is 6.71. The summed E-state index contributed by atoms with van der Waals surface area (Å²) in [6, 6.07) is 6.70. The molecule has 104 valence electrons. The average Bonchev–Trinajstić information content (AvgIpc) is 2.47. The predicted molar refractivity (Wildman–Crippen MR) is 81.2 cm³/mol. The minimum absolute atomic E-state index is 0.226. The molecule has 1 atom stereocenters. The van der Waals surface area contributed by atoms with E-state index in [0.717, 1.165) is 48.8 Å². The van der Waals surface area contributed by atoms with E-state index in [4.69, 9.17) is 0 Å². The maximum absolute atomic E-state index is 12.7. The lowest BCUT2D eigenvalue weighted by atomic mass is 9.84. The van der Waals surface area contributed by atoms with Crippen LogP contribution in [0.15, 0.2) is 33.9 Å². The van der Waals surface area contributed by atoms with Gasteiger partial charge < -0.3 is 10.2 Å². The molecule has 4 heteroatoms. The summed E-state index contributed by atoms with van der Waals surface area (Å²) < 4.78 is 1.13. The smallest absolute Gasteiger partial charge is 0.252 e. The lowest BCUT2D eigenvalue weighted by Crippen LogP contribution is -2.46. The fourth-order valence-corrected chi connectivity index (χ4v) is 4.11. The molecule has 0 saturated carbocycles. The van der Waals surface area contributed by atoms with Gasteiger partial charge in [-0.3, -0.25) is 4.79 Å². The first-order valence-electron chi connectivity index (χ1n) is 7.29. The molecule has 1 aromatic carbocycles. The molecule has 1 aromatic rings. The Morgan fingerprint density at radius 1 is 1.30 bits per heavy atom. The summed E-state index contributed by atoms with van der Waals surface area (Å²) in [7, 11) is 0. The van der Waals surface area contributed by atoms with Crippen molar-refractivity contribution >= 4 is 21.8 Å². The predicted octanol–water partition coefficient (Wildman–Crippen LogP) is 2.92. The van der Waals surface area contributed by atoms with Crippen molar-refractivity contribution < 1.29 is 4.79 Å². The highest BCUT2D eigenvalue weighted by Crippen LogP contribution is 2.41. The van der Waals surface area contributed by atoms with Crippen molar-refractivity contribution in [1.82, 2.24) is 10.2 Å².